The summed E-state index contributed by atoms with van der Waals surface area (Å²) in [7, 11) is -3.54. The average Bonchev–Trinajstić information content (AvgIpc) is 3.33. The van der Waals surface area contributed by atoms with Crippen LogP contribution >= 0.6 is 11.6 Å². The van der Waals surface area contributed by atoms with Crippen molar-refractivity contribution < 1.29 is 31.1 Å². The average molecular weight is 642 g/mol. The van der Waals surface area contributed by atoms with Gasteiger partial charge in [-0.25, -0.2) is 23.4 Å². The number of hydrogen-bond donors (Lipinski definition) is 2. The molecule has 0 unspecified atom stereocenters. The van der Waals surface area contributed by atoms with Gasteiger partial charge in [0.2, 0.25) is 16.0 Å². The summed E-state index contributed by atoms with van der Waals surface area (Å²) in [5.41, 5.74) is 2.33. The van der Waals surface area contributed by atoms with Gasteiger partial charge in [-0.05, 0) is 44.0 Å². The molecular formula is C27H31ClF3N7O4S. The number of nitrogens with zero attached hydrogens (tertiary/aromatic N) is 5. The molecule has 1 amide bonds. The second-order valence-electron chi connectivity index (χ2n) is 10.1. The van der Waals surface area contributed by atoms with Crippen molar-refractivity contribution in [1.29, 1.82) is 0 Å². The predicted molar refractivity (Wildman–Crippen MR) is 156 cm³/mol. The number of rotatable bonds is 12. The lowest BCUT2D eigenvalue weighted by Crippen LogP contribution is -2.40. The molecule has 1 aromatic carbocycles. The lowest BCUT2D eigenvalue weighted by atomic mass is 10.1. The van der Waals surface area contributed by atoms with E-state index < -0.39 is 22.1 Å². The van der Waals surface area contributed by atoms with E-state index in [4.69, 9.17) is 11.6 Å². The van der Waals surface area contributed by atoms with Gasteiger partial charge in [0.1, 0.15) is 11.6 Å². The molecule has 11 nitrogen and oxygen atoms in total. The quantitative estimate of drug-likeness (QED) is 0.275. The highest BCUT2D eigenvalue weighted by Gasteiger charge is 2.32. The zero-order chi connectivity index (χ0) is 31.4. The van der Waals surface area contributed by atoms with Crippen molar-refractivity contribution in [2.45, 2.75) is 52.2 Å². The molecule has 0 saturated carbocycles. The molecule has 3 heterocycles. The second kappa shape index (κ2) is 13.3. The third-order valence-electron chi connectivity index (χ3n) is 6.69. The molecule has 16 heteroatoms. The highest BCUT2D eigenvalue weighted by Crippen LogP contribution is 2.33. The Kier molecular flexibility index (Phi) is 9.97. The largest absolute Gasteiger partial charge is 0.573 e. The van der Waals surface area contributed by atoms with E-state index in [2.05, 4.69) is 34.6 Å². The van der Waals surface area contributed by atoms with Gasteiger partial charge in [-0.2, -0.15) is 0 Å². The monoisotopic (exact) mass is 641 g/mol. The minimum absolute atomic E-state index is 0.0443. The molecule has 1 atom stereocenters. The summed E-state index contributed by atoms with van der Waals surface area (Å²) in [6, 6.07) is 6.84. The van der Waals surface area contributed by atoms with E-state index in [1.165, 1.54) is 24.4 Å². The molecular weight excluding hydrogens is 611 g/mol. The van der Waals surface area contributed by atoms with Gasteiger partial charge in [0.25, 0.3) is 5.91 Å². The van der Waals surface area contributed by atoms with Crippen LogP contribution in [0, 0.1) is 0 Å². The Bertz CT molecular complexity index is 1580. The molecule has 232 valence electrons. The Balaban J connectivity index is 1.36. The molecule has 2 aromatic heterocycles. The summed E-state index contributed by atoms with van der Waals surface area (Å²) in [6.45, 7) is 6.26. The number of benzene rings is 1. The predicted octanol–water partition coefficient (Wildman–Crippen LogP) is 5.19. The van der Waals surface area contributed by atoms with E-state index in [-0.39, 0.29) is 34.4 Å². The van der Waals surface area contributed by atoms with Crippen LogP contribution in [0.4, 0.5) is 30.6 Å². The van der Waals surface area contributed by atoms with Gasteiger partial charge < -0.3 is 15.0 Å². The number of hydrogen-bond acceptors (Lipinski definition) is 9. The van der Waals surface area contributed by atoms with Gasteiger partial charge in [0.05, 0.1) is 17.0 Å². The summed E-state index contributed by atoms with van der Waals surface area (Å²) in [4.78, 5) is 30.1. The van der Waals surface area contributed by atoms with Crippen LogP contribution in [-0.2, 0) is 23.1 Å². The molecule has 4 rings (SSSR count). The molecule has 1 aliphatic rings. The third kappa shape index (κ3) is 9.15. The second-order valence-corrected chi connectivity index (χ2v) is 12.3. The maximum Gasteiger partial charge on any atom is 0.573 e. The number of alkyl halides is 3. The van der Waals surface area contributed by atoms with E-state index in [0.717, 1.165) is 30.0 Å². The van der Waals surface area contributed by atoms with E-state index >= 15 is 0 Å². The van der Waals surface area contributed by atoms with Crippen LogP contribution in [0.3, 0.4) is 0 Å². The van der Waals surface area contributed by atoms with Crippen molar-refractivity contribution in [3.8, 4) is 5.75 Å². The van der Waals surface area contributed by atoms with Crippen LogP contribution < -0.4 is 14.8 Å². The van der Waals surface area contributed by atoms with Crippen molar-refractivity contribution in [1.82, 2.24) is 24.8 Å². The topological polar surface area (TPSA) is 130 Å². The van der Waals surface area contributed by atoms with E-state index in [1.807, 2.05) is 13.8 Å². The van der Waals surface area contributed by atoms with Crippen LogP contribution in [0.25, 0.3) is 0 Å². The van der Waals surface area contributed by atoms with Gasteiger partial charge in [0, 0.05) is 67.5 Å². The number of amides is 1. The molecule has 0 aliphatic carbocycles. The minimum Gasteiger partial charge on any atom is -0.404 e. The third-order valence-corrected chi connectivity index (χ3v) is 7.58. The number of halogens is 4. The molecule has 1 aliphatic heterocycles. The highest BCUT2D eigenvalue weighted by atomic mass is 35.5. The fourth-order valence-electron chi connectivity index (χ4n) is 4.53. The summed E-state index contributed by atoms with van der Waals surface area (Å²) < 4.78 is 67.4. The van der Waals surface area contributed by atoms with Crippen molar-refractivity contribution >= 4 is 45.0 Å². The first-order valence-electron chi connectivity index (χ1n) is 13.3. The highest BCUT2D eigenvalue weighted by molar-refractivity contribution is 7.92. The lowest BCUT2D eigenvalue weighted by Gasteiger charge is -2.29. The zero-order valence-corrected chi connectivity index (χ0v) is 25.2. The van der Waals surface area contributed by atoms with Gasteiger partial charge in [-0.3, -0.25) is 14.4 Å². The number of carbonyl (C=O) groups excluding carboxylic acids is 1. The Labute approximate surface area is 252 Å². The Morgan fingerprint density at radius 3 is 2.67 bits per heavy atom. The van der Waals surface area contributed by atoms with Crippen molar-refractivity contribution in [2.24, 2.45) is 0 Å². The van der Waals surface area contributed by atoms with Crippen molar-refractivity contribution in [3.63, 3.8) is 0 Å². The molecule has 0 radical (unpaired) electrons. The van der Waals surface area contributed by atoms with Crippen LogP contribution in [0.15, 0.2) is 42.7 Å². The first-order chi connectivity index (χ1) is 20.2. The summed E-state index contributed by atoms with van der Waals surface area (Å²) in [5.74, 6) is -0.457. The van der Waals surface area contributed by atoms with Gasteiger partial charge in [0.15, 0.2) is 0 Å². The number of ether oxygens (including phenoxy) is 1. The molecule has 43 heavy (non-hydrogen) atoms. The van der Waals surface area contributed by atoms with Gasteiger partial charge in [-0.15, -0.1) is 13.2 Å². The normalized spacial score (nSPS) is 14.2. The maximum absolute atomic E-state index is 13.4. The molecule has 0 bridgehead atoms. The molecule has 0 saturated heterocycles. The van der Waals surface area contributed by atoms with Gasteiger partial charge >= 0.3 is 6.36 Å². The number of anilines is 3. The molecule has 0 fully saturated rings. The number of fused-ring (bicyclic) bond motifs is 1. The SMILES string of the molecule is CC[C@@H](C)N(CCCN1Cc2cnc(Nc3ccc(Cl)c(OC(F)(F)F)c3)nc2C1)C(=O)c1ccnc(NS(C)(=O)=O)c1. The Morgan fingerprint density at radius 2 is 1.98 bits per heavy atom. The van der Waals surface area contributed by atoms with Crippen molar-refractivity contribution in [3.05, 3.63) is 64.6 Å². The summed E-state index contributed by atoms with van der Waals surface area (Å²) >= 11 is 5.82. The van der Waals surface area contributed by atoms with Crippen LogP contribution in [0.5, 0.6) is 5.75 Å². The van der Waals surface area contributed by atoms with Crippen LogP contribution in [0.1, 0.15) is 48.3 Å². The summed E-state index contributed by atoms with van der Waals surface area (Å²) in [6.07, 6.45) is 0.616. The van der Waals surface area contributed by atoms with E-state index in [1.54, 1.807) is 17.2 Å². The first kappa shape index (κ1) is 32.2. The smallest absolute Gasteiger partial charge is 0.404 e. The van der Waals surface area contributed by atoms with Crippen LogP contribution in [0.2, 0.25) is 5.02 Å². The number of carbonyl (C=O) groups is 1. The fraction of sp³-hybridized carbons (Fsp3) is 0.407. The lowest BCUT2D eigenvalue weighted by molar-refractivity contribution is -0.274. The fourth-order valence-corrected chi connectivity index (χ4v) is 5.18. The van der Waals surface area contributed by atoms with E-state index in [0.29, 0.717) is 38.2 Å². The number of sulfonamides is 1. The minimum atomic E-state index is -4.88. The number of aromatic nitrogens is 3. The maximum atomic E-state index is 13.4. The summed E-state index contributed by atoms with van der Waals surface area (Å²) in [5, 5.41) is 2.71. The van der Waals surface area contributed by atoms with Crippen LogP contribution in [-0.4, -0.2) is 70.8 Å². The number of pyridine rings is 1. The molecule has 0 spiro atoms. The van der Waals surface area contributed by atoms with Gasteiger partial charge in [-0.1, -0.05) is 18.5 Å². The Hall–Kier alpha value is -3.69. The molecule has 2 N–H and O–H groups in total. The molecule has 3 aromatic rings. The Morgan fingerprint density at radius 1 is 1.21 bits per heavy atom. The first-order valence-corrected chi connectivity index (χ1v) is 15.6. The van der Waals surface area contributed by atoms with Crippen molar-refractivity contribution in [2.75, 3.05) is 29.4 Å². The number of nitrogens with one attached hydrogen (secondary N) is 2. The van der Waals surface area contributed by atoms with E-state index in [9.17, 15) is 26.4 Å². The zero-order valence-electron chi connectivity index (χ0n) is 23.7. The standard InChI is InChI=1S/C27H31ClF3N7O4S/c1-4-17(2)38(25(39)18-8-9-32-24(12-18)36-43(3,40)41)11-5-10-37-15-19-14-33-26(35-22(19)16-37)34-20-6-7-21(28)23(13-20)42-27(29,30)31/h6-9,12-14,17H,4-5,10-11,15-16H2,1-3H3,(H,32,36)(H,33,34,35)/t17-/m1/s1.